The van der Waals surface area contributed by atoms with Gasteiger partial charge in [-0.1, -0.05) is 30.3 Å². The molecule has 1 aromatic carbocycles. The zero-order valence-electron chi connectivity index (χ0n) is 10.3. The van der Waals surface area contributed by atoms with Crippen LogP contribution in [0.3, 0.4) is 0 Å². The molecule has 2 aromatic rings. The number of benzene rings is 1. The fourth-order valence-electron chi connectivity index (χ4n) is 1.61. The third kappa shape index (κ3) is 4.08. The van der Waals surface area contributed by atoms with Gasteiger partial charge in [0.1, 0.15) is 6.61 Å². The van der Waals surface area contributed by atoms with Crippen LogP contribution in [0.25, 0.3) is 0 Å². The summed E-state index contributed by atoms with van der Waals surface area (Å²) in [6.07, 6.45) is -0.533. The van der Waals surface area contributed by atoms with Crippen molar-refractivity contribution in [2.45, 2.75) is 12.6 Å². The lowest BCUT2D eigenvalue weighted by molar-refractivity contribution is 0.129. The molecule has 100 valence electrons. The van der Waals surface area contributed by atoms with E-state index in [0.29, 0.717) is 0 Å². The Bertz CT molecular complexity index is 499. The van der Waals surface area contributed by atoms with Crippen molar-refractivity contribution in [3.8, 4) is 0 Å². The standard InChI is InChI=1S/C14H15NO3S/c16-8-13(12-6-7-19-10-12)15-14(17)18-9-11-4-2-1-3-5-11/h1-7,10,13,16H,8-9H2,(H,15,17). The number of aliphatic hydroxyl groups is 1. The summed E-state index contributed by atoms with van der Waals surface area (Å²) in [7, 11) is 0. The molecule has 0 spiro atoms. The smallest absolute Gasteiger partial charge is 0.408 e. The minimum Gasteiger partial charge on any atom is -0.445 e. The van der Waals surface area contributed by atoms with Crippen LogP contribution >= 0.6 is 11.3 Å². The third-order valence-electron chi connectivity index (χ3n) is 2.63. The maximum Gasteiger partial charge on any atom is 0.408 e. The molecule has 1 amide bonds. The first kappa shape index (κ1) is 13.6. The third-order valence-corrected chi connectivity index (χ3v) is 3.33. The largest absolute Gasteiger partial charge is 0.445 e. The van der Waals surface area contributed by atoms with Gasteiger partial charge < -0.3 is 15.2 Å². The molecule has 1 unspecified atom stereocenters. The summed E-state index contributed by atoms with van der Waals surface area (Å²) in [5.41, 5.74) is 1.80. The van der Waals surface area contributed by atoms with Crippen molar-refractivity contribution in [2.75, 3.05) is 6.61 Å². The van der Waals surface area contributed by atoms with Crippen LogP contribution in [0.15, 0.2) is 47.2 Å². The fourth-order valence-corrected chi connectivity index (χ4v) is 2.33. The lowest BCUT2D eigenvalue weighted by atomic mass is 10.2. The topological polar surface area (TPSA) is 58.6 Å². The second-order valence-electron chi connectivity index (χ2n) is 4.00. The summed E-state index contributed by atoms with van der Waals surface area (Å²) in [6.45, 7) is 0.0611. The minimum atomic E-state index is -0.533. The molecule has 0 saturated carbocycles. The van der Waals surface area contributed by atoms with Gasteiger partial charge in [0.25, 0.3) is 0 Å². The summed E-state index contributed by atoms with van der Waals surface area (Å²) in [5, 5.41) is 15.7. The molecule has 0 bridgehead atoms. The first-order chi connectivity index (χ1) is 9.29. The van der Waals surface area contributed by atoms with Crippen LogP contribution in [0, 0.1) is 0 Å². The molecule has 2 N–H and O–H groups in total. The number of aliphatic hydroxyl groups excluding tert-OH is 1. The second-order valence-corrected chi connectivity index (χ2v) is 4.78. The predicted octanol–water partition coefficient (Wildman–Crippen LogP) is 2.71. The Hall–Kier alpha value is -1.85. The summed E-state index contributed by atoms with van der Waals surface area (Å²) < 4.78 is 5.10. The molecule has 0 aliphatic rings. The van der Waals surface area contributed by atoms with E-state index in [1.165, 1.54) is 11.3 Å². The van der Waals surface area contributed by atoms with Gasteiger partial charge in [0.15, 0.2) is 0 Å². The van der Waals surface area contributed by atoms with E-state index in [1.54, 1.807) is 0 Å². The molecule has 1 aromatic heterocycles. The Morgan fingerprint density at radius 1 is 1.32 bits per heavy atom. The van der Waals surface area contributed by atoms with Gasteiger partial charge in [-0.05, 0) is 28.0 Å². The van der Waals surface area contributed by atoms with Gasteiger partial charge in [-0.2, -0.15) is 11.3 Å². The van der Waals surface area contributed by atoms with Crippen LogP contribution in [0.2, 0.25) is 0 Å². The lowest BCUT2D eigenvalue weighted by Crippen LogP contribution is -2.30. The number of thiophene rings is 1. The fraction of sp³-hybridized carbons (Fsp3) is 0.214. The quantitative estimate of drug-likeness (QED) is 0.883. The van der Waals surface area contributed by atoms with E-state index in [0.717, 1.165) is 11.1 Å². The van der Waals surface area contributed by atoms with E-state index in [2.05, 4.69) is 5.32 Å². The van der Waals surface area contributed by atoms with E-state index >= 15 is 0 Å². The maximum atomic E-state index is 11.6. The molecule has 0 fully saturated rings. The number of rotatable bonds is 5. The Kier molecular flexibility index (Phi) is 4.94. The zero-order valence-corrected chi connectivity index (χ0v) is 11.1. The number of hydrogen-bond acceptors (Lipinski definition) is 4. The first-order valence-corrected chi connectivity index (χ1v) is 6.84. The summed E-state index contributed by atoms with van der Waals surface area (Å²) in [5.74, 6) is 0. The highest BCUT2D eigenvalue weighted by Gasteiger charge is 2.14. The van der Waals surface area contributed by atoms with Crippen LogP contribution in [0.1, 0.15) is 17.2 Å². The van der Waals surface area contributed by atoms with Gasteiger partial charge in [-0.3, -0.25) is 0 Å². The molecule has 19 heavy (non-hydrogen) atoms. The molecule has 1 atom stereocenters. The van der Waals surface area contributed by atoms with Gasteiger partial charge in [0, 0.05) is 0 Å². The van der Waals surface area contributed by atoms with E-state index in [-0.39, 0.29) is 13.2 Å². The monoisotopic (exact) mass is 277 g/mol. The average molecular weight is 277 g/mol. The summed E-state index contributed by atoms with van der Waals surface area (Å²) in [6, 6.07) is 10.9. The Labute approximate surface area is 115 Å². The van der Waals surface area contributed by atoms with Crippen molar-refractivity contribution >= 4 is 17.4 Å². The van der Waals surface area contributed by atoms with Gasteiger partial charge in [0.05, 0.1) is 12.6 Å². The minimum absolute atomic E-state index is 0.156. The average Bonchev–Trinajstić information content (AvgIpc) is 2.97. The zero-order chi connectivity index (χ0) is 13.5. The number of hydrogen-bond donors (Lipinski definition) is 2. The first-order valence-electron chi connectivity index (χ1n) is 5.90. The molecular weight excluding hydrogens is 262 g/mol. The predicted molar refractivity (Wildman–Crippen MR) is 73.9 cm³/mol. The Morgan fingerprint density at radius 3 is 2.74 bits per heavy atom. The van der Waals surface area contributed by atoms with E-state index in [1.807, 2.05) is 47.2 Å². The molecule has 0 aliphatic carbocycles. The highest BCUT2D eigenvalue weighted by Crippen LogP contribution is 2.16. The van der Waals surface area contributed by atoms with Crippen LogP contribution in [0.5, 0.6) is 0 Å². The SMILES string of the molecule is O=C(NC(CO)c1ccsc1)OCc1ccccc1. The van der Waals surface area contributed by atoms with E-state index < -0.39 is 12.1 Å². The molecule has 0 aliphatic heterocycles. The van der Waals surface area contributed by atoms with E-state index in [9.17, 15) is 9.90 Å². The molecule has 4 nitrogen and oxygen atoms in total. The highest BCUT2D eigenvalue weighted by atomic mass is 32.1. The van der Waals surface area contributed by atoms with Crippen LogP contribution in [-0.4, -0.2) is 17.8 Å². The van der Waals surface area contributed by atoms with Crippen LogP contribution < -0.4 is 5.32 Å². The summed E-state index contributed by atoms with van der Waals surface area (Å²) in [4.78, 5) is 11.6. The van der Waals surface area contributed by atoms with Gasteiger partial charge in [0.2, 0.25) is 0 Å². The number of nitrogens with one attached hydrogen (secondary N) is 1. The number of carbonyl (C=O) groups is 1. The normalized spacial score (nSPS) is 11.8. The van der Waals surface area contributed by atoms with Crippen molar-refractivity contribution in [3.05, 3.63) is 58.3 Å². The second kappa shape index (κ2) is 6.92. The Morgan fingerprint density at radius 2 is 2.11 bits per heavy atom. The van der Waals surface area contributed by atoms with Gasteiger partial charge in [-0.25, -0.2) is 4.79 Å². The highest BCUT2D eigenvalue weighted by molar-refractivity contribution is 7.07. The van der Waals surface area contributed by atoms with Crippen molar-refractivity contribution in [3.63, 3.8) is 0 Å². The number of amides is 1. The molecular formula is C14H15NO3S. The van der Waals surface area contributed by atoms with Crippen molar-refractivity contribution < 1.29 is 14.6 Å². The number of alkyl carbamates (subject to hydrolysis) is 1. The summed E-state index contributed by atoms with van der Waals surface area (Å²) >= 11 is 1.52. The lowest BCUT2D eigenvalue weighted by Gasteiger charge is -2.15. The number of carbonyl (C=O) groups excluding carboxylic acids is 1. The van der Waals surface area contributed by atoms with Crippen molar-refractivity contribution in [2.24, 2.45) is 0 Å². The molecule has 5 heteroatoms. The number of ether oxygens (including phenoxy) is 1. The Balaban J connectivity index is 1.84. The van der Waals surface area contributed by atoms with Crippen LogP contribution in [0.4, 0.5) is 4.79 Å². The van der Waals surface area contributed by atoms with Crippen molar-refractivity contribution in [1.29, 1.82) is 0 Å². The maximum absolute atomic E-state index is 11.6. The van der Waals surface area contributed by atoms with Gasteiger partial charge >= 0.3 is 6.09 Å². The molecule has 0 radical (unpaired) electrons. The van der Waals surface area contributed by atoms with Crippen LogP contribution in [-0.2, 0) is 11.3 Å². The molecule has 0 saturated heterocycles. The van der Waals surface area contributed by atoms with E-state index in [4.69, 9.17) is 4.74 Å². The van der Waals surface area contributed by atoms with Crippen molar-refractivity contribution in [1.82, 2.24) is 5.32 Å². The van der Waals surface area contributed by atoms with Gasteiger partial charge in [-0.15, -0.1) is 0 Å². The molecule has 1 heterocycles. The molecule has 2 rings (SSSR count).